The summed E-state index contributed by atoms with van der Waals surface area (Å²) in [7, 11) is 0. The standard InChI is InChI=1S/C28H31N5O3S2/c1-28(2,3)36-27(35)31-15-17-32(18-16-31)38-26(37)19-23-20-33(30-29-23)24-12-10-22(11-13-24)25(34)14-9-21-7-5-4-6-8-21/h4-14,20H,15-19H2,1-3H3. The molecule has 2 aromatic carbocycles. The predicted molar refractivity (Wildman–Crippen MR) is 154 cm³/mol. The van der Waals surface area contributed by atoms with Crippen LogP contribution >= 0.6 is 24.2 Å². The van der Waals surface area contributed by atoms with Crippen LogP contribution in [0.2, 0.25) is 0 Å². The second-order valence-corrected chi connectivity index (χ2v) is 11.8. The summed E-state index contributed by atoms with van der Waals surface area (Å²) in [5.41, 5.74) is 2.66. The summed E-state index contributed by atoms with van der Waals surface area (Å²) < 4.78 is 10.1. The Morgan fingerprint density at radius 3 is 2.37 bits per heavy atom. The third-order valence-electron chi connectivity index (χ3n) is 5.63. The molecule has 0 saturated carbocycles. The van der Waals surface area contributed by atoms with Crippen LogP contribution in [0.15, 0.2) is 66.9 Å². The minimum atomic E-state index is -0.499. The van der Waals surface area contributed by atoms with Gasteiger partial charge in [-0.2, -0.15) is 0 Å². The Balaban J connectivity index is 1.25. The van der Waals surface area contributed by atoms with E-state index in [9.17, 15) is 9.59 Å². The number of allylic oxidation sites excluding steroid dienone is 1. The number of carbonyl (C=O) groups is 2. The average Bonchev–Trinajstić information content (AvgIpc) is 3.35. The van der Waals surface area contributed by atoms with Gasteiger partial charge in [0.1, 0.15) is 5.60 Å². The van der Waals surface area contributed by atoms with Gasteiger partial charge in [-0.1, -0.05) is 53.8 Å². The van der Waals surface area contributed by atoms with Crippen LogP contribution in [0.3, 0.4) is 0 Å². The van der Waals surface area contributed by atoms with E-state index < -0.39 is 5.60 Å². The van der Waals surface area contributed by atoms with Crippen LogP contribution in [0, 0.1) is 0 Å². The highest BCUT2D eigenvalue weighted by atomic mass is 32.2. The van der Waals surface area contributed by atoms with Gasteiger partial charge in [-0.3, -0.25) is 4.79 Å². The molecule has 0 atom stereocenters. The van der Waals surface area contributed by atoms with Gasteiger partial charge in [-0.15, -0.1) is 5.10 Å². The topological polar surface area (TPSA) is 80.6 Å². The molecule has 1 aromatic heterocycles. The normalized spacial score (nSPS) is 14.6. The number of nitrogens with zero attached hydrogens (tertiary/aromatic N) is 5. The number of thiocarbonyl (C=S) groups is 1. The van der Waals surface area contributed by atoms with Crippen molar-refractivity contribution in [3.8, 4) is 5.69 Å². The van der Waals surface area contributed by atoms with Crippen molar-refractivity contribution in [1.82, 2.24) is 24.2 Å². The summed E-state index contributed by atoms with van der Waals surface area (Å²) in [5, 5.41) is 8.48. The van der Waals surface area contributed by atoms with Crippen molar-refractivity contribution < 1.29 is 14.3 Å². The fourth-order valence-electron chi connectivity index (χ4n) is 3.73. The van der Waals surface area contributed by atoms with Gasteiger partial charge < -0.3 is 9.64 Å². The number of hydrogen-bond donors (Lipinski definition) is 0. The predicted octanol–water partition coefficient (Wildman–Crippen LogP) is 5.23. The number of carbonyl (C=O) groups excluding carboxylic acids is 2. The fraction of sp³-hybridized carbons (Fsp3) is 0.321. The van der Waals surface area contributed by atoms with Gasteiger partial charge in [0.15, 0.2) is 5.78 Å². The first-order chi connectivity index (χ1) is 18.2. The zero-order valence-corrected chi connectivity index (χ0v) is 23.4. The number of hydrogen-bond acceptors (Lipinski definition) is 8. The lowest BCUT2D eigenvalue weighted by Gasteiger charge is -2.34. The van der Waals surface area contributed by atoms with Gasteiger partial charge >= 0.3 is 6.09 Å². The van der Waals surface area contributed by atoms with Crippen LogP contribution in [-0.4, -0.2) is 72.1 Å². The highest BCUT2D eigenvalue weighted by molar-refractivity contribution is 8.21. The minimum absolute atomic E-state index is 0.0611. The molecule has 0 bridgehead atoms. The number of ether oxygens (including phenoxy) is 1. The molecule has 4 rings (SSSR count). The van der Waals surface area contributed by atoms with Gasteiger partial charge in [0.2, 0.25) is 0 Å². The molecule has 1 fully saturated rings. The molecule has 1 aliphatic heterocycles. The van der Waals surface area contributed by atoms with Crippen LogP contribution in [-0.2, 0) is 11.2 Å². The van der Waals surface area contributed by atoms with E-state index in [4.69, 9.17) is 17.0 Å². The smallest absolute Gasteiger partial charge is 0.410 e. The summed E-state index contributed by atoms with van der Waals surface area (Å²) in [5.74, 6) is -0.0611. The number of piperazine rings is 1. The molecule has 2 heterocycles. The number of ketones is 1. The zero-order valence-electron chi connectivity index (χ0n) is 21.7. The van der Waals surface area contributed by atoms with E-state index >= 15 is 0 Å². The summed E-state index contributed by atoms with van der Waals surface area (Å²) in [6, 6.07) is 17.0. The van der Waals surface area contributed by atoms with Crippen molar-refractivity contribution in [3.63, 3.8) is 0 Å². The Hall–Kier alpha value is -3.34. The van der Waals surface area contributed by atoms with E-state index in [1.807, 2.05) is 75.5 Å². The van der Waals surface area contributed by atoms with E-state index in [0.29, 0.717) is 38.2 Å². The first-order valence-electron chi connectivity index (χ1n) is 12.4. The van der Waals surface area contributed by atoms with Gasteiger partial charge in [-0.05, 0) is 68.6 Å². The Kier molecular flexibility index (Phi) is 9.09. The average molecular weight is 550 g/mol. The minimum Gasteiger partial charge on any atom is -0.444 e. The number of rotatable bonds is 7. The van der Waals surface area contributed by atoms with Gasteiger partial charge in [0.25, 0.3) is 0 Å². The molecule has 38 heavy (non-hydrogen) atoms. The van der Waals surface area contributed by atoms with Crippen LogP contribution < -0.4 is 0 Å². The quantitative estimate of drug-likeness (QED) is 0.171. The molecule has 8 nitrogen and oxygen atoms in total. The van der Waals surface area contributed by atoms with Crippen molar-refractivity contribution in [2.45, 2.75) is 32.8 Å². The van der Waals surface area contributed by atoms with Crippen molar-refractivity contribution in [1.29, 1.82) is 0 Å². The molecule has 0 N–H and O–H groups in total. The molecule has 0 spiro atoms. The highest BCUT2D eigenvalue weighted by Gasteiger charge is 2.26. The Morgan fingerprint density at radius 2 is 1.71 bits per heavy atom. The van der Waals surface area contributed by atoms with E-state index in [-0.39, 0.29) is 11.9 Å². The van der Waals surface area contributed by atoms with Crippen molar-refractivity contribution in [2.75, 3.05) is 26.2 Å². The molecule has 3 aromatic rings. The first-order valence-corrected chi connectivity index (χ1v) is 13.6. The second kappa shape index (κ2) is 12.5. The van der Waals surface area contributed by atoms with Crippen LogP contribution in [0.4, 0.5) is 4.79 Å². The summed E-state index contributed by atoms with van der Waals surface area (Å²) in [6.45, 7) is 8.22. The van der Waals surface area contributed by atoms with Crippen LogP contribution in [0.25, 0.3) is 11.8 Å². The number of amides is 1. The summed E-state index contributed by atoms with van der Waals surface area (Å²) in [4.78, 5) is 26.5. The van der Waals surface area contributed by atoms with Gasteiger partial charge in [0, 0.05) is 38.2 Å². The van der Waals surface area contributed by atoms with E-state index in [1.54, 1.807) is 27.8 Å². The fourth-order valence-corrected chi connectivity index (χ4v) is 5.04. The van der Waals surface area contributed by atoms with Crippen molar-refractivity contribution in [2.24, 2.45) is 0 Å². The Morgan fingerprint density at radius 1 is 1.03 bits per heavy atom. The van der Waals surface area contributed by atoms with Crippen LogP contribution in [0.1, 0.15) is 42.4 Å². The third kappa shape index (κ3) is 8.08. The molecule has 0 aliphatic carbocycles. The molecular weight excluding hydrogens is 518 g/mol. The monoisotopic (exact) mass is 549 g/mol. The van der Waals surface area contributed by atoms with E-state index in [2.05, 4.69) is 14.6 Å². The SMILES string of the molecule is CC(C)(C)OC(=O)N1CCN(SC(=S)Cc2cn(-c3ccc(C(=O)C=Cc4ccccc4)cc3)nn2)CC1. The lowest BCUT2D eigenvalue weighted by molar-refractivity contribution is 0.0198. The second-order valence-electron chi connectivity index (χ2n) is 9.85. The lowest BCUT2D eigenvalue weighted by atomic mass is 10.1. The molecule has 0 unspecified atom stereocenters. The molecule has 198 valence electrons. The third-order valence-corrected chi connectivity index (χ3v) is 6.97. The molecule has 1 aliphatic rings. The molecular formula is C28H31N5O3S2. The lowest BCUT2D eigenvalue weighted by Crippen LogP contribution is -2.48. The Labute approximate surface area is 232 Å². The maximum Gasteiger partial charge on any atom is 0.410 e. The largest absolute Gasteiger partial charge is 0.444 e. The Bertz CT molecular complexity index is 1290. The molecule has 1 saturated heterocycles. The molecule has 1 amide bonds. The maximum atomic E-state index is 12.5. The number of aromatic nitrogens is 3. The molecule has 10 heteroatoms. The highest BCUT2D eigenvalue weighted by Crippen LogP contribution is 2.20. The van der Waals surface area contributed by atoms with Gasteiger partial charge in [-0.25, -0.2) is 13.8 Å². The summed E-state index contributed by atoms with van der Waals surface area (Å²) in [6.07, 6.45) is 5.46. The van der Waals surface area contributed by atoms with Gasteiger partial charge in [0.05, 0.1) is 21.8 Å². The van der Waals surface area contributed by atoms with Crippen LogP contribution in [0.5, 0.6) is 0 Å². The first kappa shape index (κ1) is 27.7. The van der Waals surface area contributed by atoms with Crippen molar-refractivity contribution in [3.05, 3.63) is 83.7 Å². The molecule has 0 radical (unpaired) electrons. The summed E-state index contributed by atoms with van der Waals surface area (Å²) >= 11 is 7.12. The number of benzene rings is 2. The maximum absolute atomic E-state index is 12.5. The zero-order chi connectivity index (χ0) is 27.1. The van der Waals surface area contributed by atoms with E-state index in [0.717, 1.165) is 21.1 Å². The van der Waals surface area contributed by atoms with Crippen molar-refractivity contribution >= 4 is 46.3 Å². The van der Waals surface area contributed by atoms with E-state index in [1.165, 1.54) is 11.9 Å².